The lowest BCUT2D eigenvalue weighted by molar-refractivity contribution is -0.133. The molecule has 1 fully saturated rings. The number of H-pyrrole nitrogens is 1. The molecule has 0 aliphatic carbocycles. The number of hydrogen-bond donors (Lipinski definition) is 1. The molecule has 0 saturated carbocycles. The summed E-state index contributed by atoms with van der Waals surface area (Å²) in [7, 11) is 0. The summed E-state index contributed by atoms with van der Waals surface area (Å²) in [6.07, 6.45) is 5.06. The van der Waals surface area contributed by atoms with Gasteiger partial charge in [0.25, 0.3) is 0 Å². The van der Waals surface area contributed by atoms with Crippen LogP contribution >= 0.6 is 0 Å². The molecule has 2 aromatic rings. The number of likely N-dealkylation sites (tertiary alicyclic amines) is 1. The second kappa shape index (κ2) is 8.13. The van der Waals surface area contributed by atoms with Crippen LogP contribution in [0.5, 0.6) is 5.75 Å². The largest absolute Gasteiger partial charge is 0.492 e. The minimum atomic E-state index is 0.219. The molecule has 1 saturated heterocycles. The van der Waals surface area contributed by atoms with Gasteiger partial charge in [-0.15, -0.1) is 0 Å². The topological polar surface area (TPSA) is 61.5 Å². The van der Waals surface area contributed by atoms with Crippen molar-refractivity contribution in [3.8, 4) is 5.75 Å². The number of aromatic nitrogens is 2. The number of fused-ring (bicyclic) bond motifs is 1. The van der Waals surface area contributed by atoms with Gasteiger partial charge in [0.15, 0.2) is 0 Å². The Hall–Kier alpha value is -2.34. The Morgan fingerprint density at radius 2 is 2.22 bits per heavy atom. The molecule has 1 N–H and O–H groups in total. The van der Waals surface area contributed by atoms with Gasteiger partial charge in [0, 0.05) is 43.4 Å². The Labute approximate surface area is 160 Å². The molecule has 1 amide bonds. The lowest BCUT2D eigenvalue weighted by atomic mass is 9.92. The molecule has 1 aromatic carbocycles. The molecule has 4 rings (SSSR count). The van der Waals surface area contributed by atoms with Gasteiger partial charge in [0.2, 0.25) is 5.91 Å². The van der Waals surface area contributed by atoms with Crippen molar-refractivity contribution in [2.24, 2.45) is 0 Å². The van der Waals surface area contributed by atoms with Crippen LogP contribution in [0.15, 0.2) is 30.5 Å². The molecule has 2 aliphatic heterocycles. The Morgan fingerprint density at radius 3 is 3.11 bits per heavy atom. The van der Waals surface area contributed by atoms with Gasteiger partial charge in [0.1, 0.15) is 12.4 Å². The molecule has 1 atom stereocenters. The number of amides is 1. The van der Waals surface area contributed by atoms with Crippen molar-refractivity contribution in [3.63, 3.8) is 0 Å². The molecule has 3 heterocycles. The number of piperidine rings is 1. The van der Waals surface area contributed by atoms with E-state index in [0.717, 1.165) is 56.8 Å². The third-order valence-electron chi connectivity index (χ3n) is 5.71. The Kier molecular flexibility index (Phi) is 5.43. The molecule has 0 bridgehead atoms. The highest BCUT2D eigenvalue weighted by Gasteiger charge is 2.28. The first kappa shape index (κ1) is 18.0. The maximum absolute atomic E-state index is 13.0. The zero-order valence-corrected chi connectivity index (χ0v) is 16.0. The third kappa shape index (κ3) is 4.00. The van der Waals surface area contributed by atoms with Gasteiger partial charge in [-0.25, -0.2) is 0 Å². The summed E-state index contributed by atoms with van der Waals surface area (Å²) >= 11 is 0. The lowest BCUT2D eigenvalue weighted by Crippen LogP contribution is -2.45. The second-order valence-corrected chi connectivity index (χ2v) is 7.51. The zero-order chi connectivity index (χ0) is 18.6. The fourth-order valence-electron chi connectivity index (χ4n) is 4.20. The number of aromatic amines is 1. The van der Waals surface area contributed by atoms with Crippen molar-refractivity contribution in [1.29, 1.82) is 0 Å². The van der Waals surface area contributed by atoms with Crippen LogP contribution in [0.1, 0.15) is 42.5 Å². The molecular weight excluding hydrogens is 340 g/mol. The predicted molar refractivity (Wildman–Crippen MR) is 104 cm³/mol. The normalized spacial score (nSPS) is 20.6. The summed E-state index contributed by atoms with van der Waals surface area (Å²) in [5.41, 5.74) is 3.65. The highest BCUT2D eigenvalue weighted by Crippen LogP contribution is 2.28. The number of carbonyl (C=O) groups is 1. The summed E-state index contributed by atoms with van der Waals surface area (Å²) < 4.78 is 5.82. The zero-order valence-electron chi connectivity index (χ0n) is 16.0. The number of benzene rings is 1. The molecule has 1 aromatic heterocycles. The average Bonchev–Trinajstić information content (AvgIpc) is 3.09. The highest BCUT2D eigenvalue weighted by atomic mass is 16.5. The maximum Gasteiger partial charge on any atom is 0.236 e. The molecule has 0 radical (unpaired) electrons. The van der Waals surface area contributed by atoms with Gasteiger partial charge in [-0.1, -0.05) is 25.1 Å². The molecule has 6 heteroatoms. The summed E-state index contributed by atoms with van der Waals surface area (Å²) in [5.74, 6) is 1.53. The van der Waals surface area contributed by atoms with E-state index in [1.165, 1.54) is 11.3 Å². The summed E-state index contributed by atoms with van der Waals surface area (Å²) in [6.45, 7) is 6.41. The van der Waals surface area contributed by atoms with E-state index in [2.05, 4.69) is 28.1 Å². The van der Waals surface area contributed by atoms with Gasteiger partial charge in [-0.05, 0) is 30.9 Å². The first-order chi connectivity index (χ1) is 13.2. The fourth-order valence-corrected chi connectivity index (χ4v) is 4.20. The number of hydrogen-bond acceptors (Lipinski definition) is 4. The van der Waals surface area contributed by atoms with E-state index in [-0.39, 0.29) is 5.91 Å². The van der Waals surface area contributed by atoms with E-state index < -0.39 is 0 Å². The van der Waals surface area contributed by atoms with E-state index in [1.807, 2.05) is 29.3 Å². The number of rotatable bonds is 4. The maximum atomic E-state index is 13.0. The first-order valence-corrected chi connectivity index (χ1v) is 9.97. The average molecular weight is 368 g/mol. The molecule has 1 unspecified atom stereocenters. The van der Waals surface area contributed by atoms with Crippen LogP contribution in [0.3, 0.4) is 0 Å². The number of ether oxygens (including phenoxy) is 1. The lowest BCUT2D eigenvalue weighted by Gasteiger charge is -2.34. The summed E-state index contributed by atoms with van der Waals surface area (Å²) in [4.78, 5) is 17.2. The number of nitrogens with zero attached hydrogens (tertiary/aromatic N) is 3. The molecule has 27 heavy (non-hydrogen) atoms. The summed E-state index contributed by atoms with van der Waals surface area (Å²) in [5, 5.41) is 7.38. The second-order valence-electron chi connectivity index (χ2n) is 7.51. The van der Waals surface area contributed by atoms with Crippen molar-refractivity contribution < 1.29 is 9.53 Å². The van der Waals surface area contributed by atoms with Crippen molar-refractivity contribution in [3.05, 3.63) is 47.3 Å². The molecular formula is C21H28N4O2. The van der Waals surface area contributed by atoms with Crippen molar-refractivity contribution >= 4 is 5.91 Å². The van der Waals surface area contributed by atoms with Gasteiger partial charge in [0.05, 0.1) is 12.7 Å². The van der Waals surface area contributed by atoms with Crippen LogP contribution in [0, 0.1) is 0 Å². The first-order valence-electron chi connectivity index (χ1n) is 9.97. The molecule has 6 nitrogen and oxygen atoms in total. The predicted octanol–water partition coefficient (Wildman–Crippen LogP) is 2.57. The van der Waals surface area contributed by atoms with Crippen LogP contribution < -0.4 is 4.74 Å². The number of nitrogens with one attached hydrogen (secondary N) is 1. The summed E-state index contributed by atoms with van der Waals surface area (Å²) in [6, 6.07) is 8.11. The fraction of sp³-hybridized carbons (Fsp3) is 0.524. The van der Waals surface area contributed by atoms with Crippen LogP contribution in [-0.4, -0.2) is 58.7 Å². The highest BCUT2D eigenvalue weighted by molar-refractivity contribution is 5.78. The Bertz CT molecular complexity index is 788. The van der Waals surface area contributed by atoms with E-state index >= 15 is 0 Å². The van der Waals surface area contributed by atoms with Crippen molar-refractivity contribution in [2.45, 2.75) is 38.6 Å². The van der Waals surface area contributed by atoms with Gasteiger partial charge >= 0.3 is 0 Å². The molecule has 144 valence electrons. The van der Waals surface area contributed by atoms with Gasteiger partial charge < -0.3 is 9.64 Å². The minimum Gasteiger partial charge on any atom is -0.492 e. The number of carbonyl (C=O) groups excluding carboxylic acids is 1. The third-order valence-corrected chi connectivity index (χ3v) is 5.71. The SMILES string of the molecule is CCc1cn[nH]c1C1CCCN(C(=O)CN2CCOc3ccccc3C2)C1. The van der Waals surface area contributed by atoms with E-state index in [4.69, 9.17) is 4.74 Å². The van der Waals surface area contributed by atoms with Crippen molar-refractivity contribution in [2.75, 3.05) is 32.8 Å². The van der Waals surface area contributed by atoms with Crippen LogP contribution in [0.25, 0.3) is 0 Å². The van der Waals surface area contributed by atoms with E-state index in [9.17, 15) is 4.79 Å². The van der Waals surface area contributed by atoms with Crippen LogP contribution in [0.4, 0.5) is 0 Å². The van der Waals surface area contributed by atoms with Gasteiger partial charge in [-0.2, -0.15) is 5.10 Å². The standard InChI is InChI=1S/C21H28N4O2/c1-2-16-12-22-23-21(16)18-7-5-9-25(14-18)20(26)15-24-10-11-27-19-8-4-3-6-17(19)13-24/h3-4,6,8,12,18H,2,5,7,9-11,13-15H2,1H3,(H,22,23). The quantitative estimate of drug-likeness (QED) is 0.901. The monoisotopic (exact) mass is 368 g/mol. The van der Waals surface area contributed by atoms with E-state index in [1.54, 1.807) is 0 Å². The Balaban J connectivity index is 1.39. The molecule has 2 aliphatic rings. The van der Waals surface area contributed by atoms with Crippen LogP contribution in [0.2, 0.25) is 0 Å². The smallest absolute Gasteiger partial charge is 0.236 e. The van der Waals surface area contributed by atoms with Crippen molar-refractivity contribution in [1.82, 2.24) is 20.0 Å². The number of aryl methyl sites for hydroxylation is 1. The molecule has 0 spiro atoms. The number of para-hydroxylation sites is 1. The van der Waals surface area contributed by atoms with Gasteiger partial charge in [-0.3, -0.25) is 14.8 Å². The Morgan fingerprint density at radius 1 is 1.33 bits per heavy atom. The minimum absolute atomic E-state index is 0.219. The van der Waals surface area contributed by atoms with E-state index in [0.29, 0.717) is 19.1 Å². The van der Waals surface area contributed by atoms with Crippen LogP contribution in [-0.2, 0) is 17.8 Å².